The van der Waals surface area contributed by atoms with Crippen LogP contribution in [0.3, 0.4) is 0 Å². The van der Waals surface area contributed by atoms with Crippen LogP contribution in [0, 0.1) is 5.41 Å². The van der Waals surface area contributed by atoms with Crippen LogP contribution in [0.15, 0.2) is 30.3 Å². The zero-order valence-corrected chi connectivity index (χ0v) is 10.8. The maximum atomic E-state index is 6.10. The third kappa shape index (κ3) is 2.01. The molecule has 0 radical (unpaired) electrons. The topological polar surface area (TPSA) is 43.6 Å². The zero-order valence-electron chi connectivity index (χ0n) is 10.1. The molecule has 5 heteroatoms. The number of hydrogen-bond donors (Lipinski definition) is 0. The lowest BCUT2D eigenvalue weighted by Gasteiger charge is -2.39. The van der Waals surface area contributed by atoms with E-state index < -0.39 is 0 Å². The van der Waals surface area contributed by atoms with Crippen molar-refractivity contribution in [1.29, 1.82) is 0 Å². The number of alkyl halides is 1. The van der Waals surface area contributed by atoms with Gasteiger partial charge >= 0.3 is 0 Å². The van der Waals surface area contributed by atoms with Gasteiger partial charge in [-0.3, -0.25) is 0 Å². The number of benzene rings is 1. The Kier molecular flexibility index (Phi) is 3.04. The first-order valence-electron chi connectivity index (χ1n) is 6.22. The summed E-state index contributed by atoms with van der Waals surface area (Å²) in [5.74, 6) is 1.59. The Morgan fingerprint density at radius 1 is 1.22 bits per heavy atom. The summed E-state index contributed by atoms with van der Waals surface area (Å²) in [6.07, 6.45) is 4.48. The molecule has 0 bridgehead atoms. The molecule has 1 saturated carbocycles. The zero-order chi connectivity index (χ0) is 12.4. The molecule has 2 aromatic rings. The van der Waals surface area contributed by atoms with E-state index in [9.17, 15) is 0 Å². The van der Waals surface area contributed by atoms with E-state index in [4.69, 9.17) is 11.6 Å². The quantitative estimate of drug-likeness (QED) is 0.796. The van der Waals surface area contributed by atoms with E-state index in [0.29, 0.717) is 5.88 Å². The van der Waals surface area contributed by atoms with Gasteiger partial charge in [0, 0.05) is 12.3 Å². The molecule has 0 spiro atoms. The number of para-hydroxylation sites is 1. The van der Waals surface area contributed by atoms with Crippen molar-refractivity contribution < 1.29 is 0 Å². The van der Waals surface area contributed by atoms with E-state index in [0.717, 1.165) is 17.9 Å². The van der Waals surface area contributed by atoms with Gasteiger partial charge in [-0.15, -0.1) is 16.7 Å². The highest BCUT2D eigenvalue weighted by Crippen LogP contribution is 2.44. The van der Waals surface area contributed by atoms with Gasteiger partial charge in [-0.2, -0.15) is 4.68 Å². The van der Waals surface area contributed by atoms with Crippen LogP contribution in [0.1, 0.15) is 25.1 Å². The monoisotopic (exact) mass is 262 g/mol. The number of aromatic nitrogens is 4. The Labute approximate surface area is 111 Å². The highest BCUT2D eigenvalue weighted by atomic mass is 35.5. The van der Waals surface area contributed by atoms with Gasteiger partial charge in [0.25, 0.3) is 0 Å². The first-order chi connectivity index (χ1) is 8.83. The van der Waals surface area contributed by atoms with E-state index in [2.05, 4.69) is 15.5 Å². The Hall–Kier alpha value is -1.42. The summed E-state index contributed by atoms with van der Waals surface area (Å²) < 4.78 is 1.81. The number of halogens is 1. The molecule has 0 unspecified atom stereocenters. The van der Waals surface area contributed by atoms with Crippen molar-refractivity contribution >= 4 is 11.6 Å². The molecule has 1 heterocycles. The normalized spacial score (nSPS) is 17.4. The largest absolute Gasteiger partial charge is 0.197 e. The van der Waals surface area contributed by atoms with Crippen LogP contribution < -0.4 is 0 Å². The van der Waals surface area contributed by atoms with Gasteiger partial charge in [-0.25, -0.2) is 0 Å². The Bertz CT molecular complexity index is 513. The van der Waals surface area contributed by atoms with Gasteiger partial charge in [0.05, 0.1) is 5.69 Å². The molecular weight excluding hydrogens is 248 g/mol. The second kappa shape index (κ2) is 4.69. The predicted molar refractivity (Wildman–Crippen MR) is 69.9 cm³/mol. The van der Waals surface area contributed by atoms with Crippen LogP contribution in [-0.2, 0) is 6.42 Å². The molecule has 0 atom stereocenters. The van der Waals surface area contributed by atoms with E-state index in [1.165, 1.54) is 19.3 Å². The second-order valence-corrected chi connectivity index (χ2v) is 5.27. The van der Waals surface area contributed by atoms with Gasteiger partial charge in [-0.1, -0.05) is 24.6 Å². The Balaban J connectivity index is 1.88. The molecule has 1 aromatic carbocycles. The molecule has 1 aliphatic carbocycles. The highest BCUT2D eigenvalue weighted by molar-refractivity contribution is 6.18. The molecule has 1 fully saturated rings. The van der Waals surface area contributed by atoms with Crippen LogP contribution in [0.2, 0.25) is 0 Å². The minimum atomic E-state index is 0.211. The summed E-state index contributed by atoms with van der Waals surface area (Å²) in [7, 11) is 0. The first kappa shape index (κ1) is 11.7. The molecule has 18 heavy (non-hydrogen) atoms. The molecule has 0 N–H and O–H groups in total. The average Bonchev–Trinajstić information content (AvgIpc) is 2.83. The van der Waals surface area contributed by atoms with Gasteiger partial charge in [0.2, 0.25) is 0 Å². The van der Waals surface area contributed by atoms with Crippen LogP contribution in [0.25, 0.3) is 5.69 Å². The number of hydrogen-bond acceptors (Lipinski definition) is 3. The summed E-state index contributed by atoms with van der Waals surface area (Å²) in [6.45, 7) is 0. The number of tetrazole rings is 1. The fraction of sp³-hybridized carbons (Fsp3) is 0.462. The first-order valence-corrected chi connectivity index (χ1v) is 6.75. The molecule has 0 aliphatic heterocycles. The molecule has 0 amide bonds. The molecule has 0 saturated heterocycles. The standard InChI is InChI=1S/C13H15ClN4/c14-10-13(7-4-8-13)9-12-15-16-17-18(12)11-5-2-1-3-6-11/h1-3,5-6H,4,7-10H2. The SMILES string of the molecule is ClCC1(Cc2nnnn2-c2ccccc2)CCC1. The fourth-order valence-electron chi connectivity index (χ4n) is 2.46. The van der Waals surface area contributed by atoms with Gasteiger partial charge < -0.3 is 0 Å². The van der Waals surface area contributed by atoms with Gasteiger partial charge in [0.1, 0.15) is 0 Å². The van der Waals surface area contributed by atoms with Crippen LogP contribution in [0.5, 0.6) is 0 Å². The lowest BCUT2D eigenvalue weighted by Crippen LogP contribution is -2.34. The van der Waals surface area contributed by atoms with Gasteiger partial charge in [0.15, 0.2) is 5.82 Å². The highest BCUT2D eigenvalue weighted by Gasteiger charge is 2.37. The van der Waals surface area contributed by atoms with Crippen LogP contribution in [-0.4, -0.2) is 26.1 Å². The Morgan fingerprint density at radius 3 is 2.61 bits per heavy atom. The summed E-state index contributed by atoms with van der Waals surface area (Å²) in [6, 6.07) is 9.98. The minimum absolute atomic E-state index is 0.211. The van der Waals surface area contributed by atoms with Crippen LogP contribution in [0.4, 0.5) is 0 Å². The number of rotatable bonds is 4. The molecule has 94 valence electrons. The third-order valence-electron chi connectivity index (χ3n) is 3.77. The van der Waals surface area contributed by atoms with E-state index >= 15 is 0 Å². The molecule has 3 rings (SSSR count). The van der Waals surface area contributed by atoms with E-state index in [1.54, 1.807) is 0 Å². The lowest BCUT2D eigenvalue weighted by molar-refractivity contribution is 0.161. The van der Waals surface area contributed by atoms with Crippen molar-refractivity contribution in [3.63, 3.8) is 0 Å². The summed E-state index contributed by atoms with van der Waals surface area (Å²) in [5.41, 5.74) is 1.21. The molecule has 4 nitrogen and oxygen atoms in total. The smallest absolute Gasteiger partial charge is 0.157 e. The number of nitrogens with zero attached hydrogens (tertiary/aromatic N) is 4. The Morgan fingerprint density at radius 2 is 2.00 bits per heavy atom. The lowest BCUT2D eigenvalue weighted by atomic mass is 9.68. The third-order valence-corrected chi connectivity index (χ3v) is 4.33. The van der Waals surface area contributed by atoms with E-state index in [1.807, 2.05) is 35.0 Å². The molecule has 1 aliphatic rings. The van der Waals surface area contributed by atoms with E-state index in [-0.39, 0.29) is 5.41 Å². The summed E-state index contributed by atoms with van der Waals surface area (Å²) in [4.78, 5) is 0. The summed E-state index contributed by atoms with van der Waals surface area (Å²) >= 11 is 6.10. The molecule has 1 aromatic heterocycles. The van der Waals surface area contributed by atoms with Crippen molar-refractivity contribution in [2.24, 2.45) is 5.41 Å². The second-order valence-electron chi connectivity index (χ2n) is 5.01. The fourth-order valence-corrected chi connectivity index (χ4v) is 2.82. The van der Waals surface area contributed by atoms with Crippen molar-refractivity contribution in [2.75, 3.05) is 5.88 Å². The van der Waals surface area contributed by atoms with Crippen molar-refractivity contribution in [3.8, 4) is 5.69 Å². The maximum absolute atomic E-state index is 6.10. The maximum Gasteiger partial charge on any atom is 0.157 e. The van der Waals surface area contributed by atoms with Crippen molar-refractivity contribution in [1.82, 2.24) is 20.2 Å². The van der Waals surface area contributed by atoms with Crippen molar-refractivity contribution in [3.05, 3.63) is 36.2 Å². The minimum Gasteiger partial charge on any atom is -0.197 e. The predicted octanol–water partition coefficient (Wildman–Crippen LogP) is 2.61. The van der Waals surface area contributed by atoms with Crippen molar-refractivity contribution in [2.45, 2.75) is 25.7 Å². The summed E-state index contributed by atoms with van der Waals surface area (Å²) in [5, 5.41) is 12.0. The van der Waals surface area contributed by atoms with Gasteiger partial charge in [-0.05, 0) is 40.8 Å². The van der Waals surface area contributed by atoms with Crippen LogP contribution >= 0.6 is 11.6 Å². The average molecular weight is 263 g/mol. The molecular formula is C13H15ClN4.